The molecule has 0 radical (unpaired) electrons. The molecule has 0 aromatic heterocycles. The van der Waals surface area contributed by atoms with E-state index in [9.17, 15) is 27.5 Å². The number of amides is 2. The van der Waals surface area contributed by atoms with Crippen molar-refractivity contribution < 1.29 is 32.2 Å². The van der Waals surface area contributed by atoms with Gasteiger partial charge in [-0.25, -0.2) is 14.2 Å². The number of carbonyl (C=O) groups excluding carboxylic acids is 1. The number of aliphatic hydroxyl groups excluding tert-OH is 1. The molecule has 0 bridgehead atoms. The van der Waals surface area contributed by atoms with Crippen LogP contribution in [0.4, 0.5) is 22.4 Å². The third-order valence-electron chi connectivity index (χ3n) is 6.54. The van der Waals surface area contributed by atoms with Crippen LogP contribution in [0.25, 0.3) is 5.70 Å². The molecule has 0 saturated carbocycles. The van der Waals surface area contributed by atoms with Gasteiger partial charge in [-0.1, -0.05) is 18.7 Å². The summed E-state index contributed by atoms with van der Waals surface area (Å²) in [5.74, 6) is -0.689. The minimum Gasteiger partial charge on any atom is -0.484 e. The van der Waals surface area contributed by atoms with E-state index in [1.54, 1.807) is 17.0 Å². The molecule has 2 aromatic rings. The monoisotopic (exact) mass is 505 g/mol. The molecule has 0 aliphatic carbocycles. The van der Waals surface area contributed by atoms with Gasteiger partial charge in [0.2, 0.25) is 0 Å². The maximum atomic E-state index is 13.3. The summed E-state index contributed by atoms with van der Waals surface area (Å²) in [5, 5.41) is 9.61. The van der Waals surface area contributed by atoms with E-state index < -0.39 is 17.8 Å². The van der Waals surface area contributed by atoms with Crippen LogP contribution in [0.2, 0.25) is 0 Å². The Kier molecular flexibility index (Phi) is 7.35. The zero-order valence-electron chi connectivity index (χ0n) is 19.7. The van der Waals surface area contributed by atoms with Gasteiger partial charge >= 0.3 is 12.2 Å². The Morgan fingerprint density at radius 3 is 2.19 bits per heavy atom. The fraction of sp³-hybridized carbons (Fsp3) is 0.385. The Morgan fingerprint density at radius 2 is 1.64 bits per heavy atom. The first-order valence-electron chi connectivity index (χ1n) is 11.5. The van der Waals surface area contributed by atoms with Gasteiger partial charge in [0.15, 0.2) is 5.90 Å². The summed E-state index contributed by atoms with van der Waals surface area (Å²) >= 11 is 0. The standard InChI is InChI=1S/C26H27F4N3O3/c1-16(17-5-9-22(27)10-6-17)31-24(36-2)20-11-19(18-3-7-21(8-4-18)26(28,29)30)12-32(13-20)25(35)33-14-23(34)15-33/h3-10,19-20,23,34H,1,11-15H2,2H3. The van der Waals surface area contributed by atoms with Crippen LogP contribution in [-0.2, 0) is 10.9 Å². The Hall–Kier alpha value is -3.40. The Morgan fingerprint density at radius 1 is 1.03 bits per heavy atom. The Bertz CT molecular complexity index is 1130. The van der Waals surface area contributed by atoms with Crippen LogP contribution >= 0.6 is 0 Å². The normalized spacial score (nSPS) is 21.2. The van der Waals surface area contributed by atoms with Crippen LogP contribution in [0.3, 0.4) is 0 Å². The highest BCUT2D eigenvalue weighted by Gasteiger charge is 2.39. The summed E-state index contributed by atoms with van der Waals surface area (Å²) in [7, 11) is 1.45. The van der Waals surface area contributed by atoms with Gasteiger partial charge in [-0.2, -0.15) is 13.2 Å². The van der Waals surface area contributed by atoms with Crippen LogP contribution in [0.15, 0.2) is 60.1 Å². The fourth-order valence-electron chi connectivity index (χ4n) is 4.57. The predicted molar refractivity (Wildman–Crippen MR) is 127 cm³/mol. The van der Waals surface area contributed by atoms with Crippen molar-refractivity contribution in [3.63, 3.8) is 0 Å². The molecule has 2 aliphatic heterocycles. The minimum absolute atomic E-state index is 0.234. The highest BCUT2D eigenvalue weighted by Crippen LogP contribution is 2.35. The van der Waals surface area contributed by atoms with Gasteiger partial charge in [-0.3, -0.25) is 0 Å². The molecule has 6 nitrogen and oxygen atoms in total. The van der Waals surface area contributed by atoms with Crippen molar-refractivity contribution in [2.24, 2.45) is 10.9 Å². The molecule has 2 fully saturated rings. The zero-order valence-corrected chi connectivity index (χ0v) is 19.7. The molecule has 2 unspecified atom stereocenters. The van der Waals surface area contributed by atoms with Crippen molar-refractivity contribution in [1.29, 1.82) is 0 Å². The number of alkyl halides is 3. The molecule has 0 spiro atoms. The lowest BCUT2D eigenvalue weighted by atomic mass is 9.84. The number of likely N-dealkylation sites (tertiary alicyclic amines) is 2. The number of aliphatic hydroxyl groups is 1. The summed E-state index contributed by atoms with van der Waals surface area (Å²) in [6.45, 7) is 5.01. The van der Waals surface area contributed by atoms with E-state index in [2.05, 4.69) is 11.6 Å². The molecule has 1 N–H and O–H groups in total. The van der Waals surface area contributed by atoms with Crippen molar-refractivity contribution >= 4 is 17.6 Å². The van der Waals surface area contributed by atoms with Gasteiger partial charge in [-0.15, -0.1) is 0 Å². The fourth-order valence-corrected chi connectivity index (χ4v) is 4.57. The largest absolute Gasteiger partial charge is 0.484 e. The molecule has 4 rings (SSSR count). The van der Waals surface area contributed by atoms with Gasteiger partial charge < -0.3 is 19.6 Å². The molecule has 10 heteroatoms. The molecule has 192 valence electrons. The SMILES string of the molecule is C=C(N=C(OC)C1CC(c2ccc(C(F)(F)F)cc2)CN(C(=O)N2CC(O)C2)C1)c1ccc(F)cc1. The zero-order chi connectivity index (χ0) is 26.0. The topological polar surface area (TPSA) is 65.4 Å². The van der Waals surface area contributed by atoms with Crippen LogP contribution < -0.4 is 0 Å². The molecule has 2 amide bonds. The van der Waals surface area contributed by atoms with Crippen molar-refractivity contribution in [2.75, 3.05) is 33.3 Å². The van der Waals surface area contributed by atoms with Gasteiger partial charge in [0.1, 0.15) is 5.82 Å². The van der Waals surface area contributed by atoms with Crippen molar-refractivity contribution in [3.05, 3.63) is 77.6 Å². The first kappa shape index (κ1) is 25.7. The first-order chi connectivity index (χ1) is 17.0. The Balaban J connectivity index is 1.60. The van der Waals surface area contributed by atoms with Crippen LogP contribution in [-0.4, -0.2) is 66.2 Å². The minimum atomic E-state index is -4.44. The number of hydrogen-bond acceptors (Lipinski definition) is 4. The number of β-amino-alcohol motifs (C(OH)–C–C–N with tert-alkyl or cyclic N) is 1. The lowest BCUT2D eigenvalue weighted by Gasteiger charge is -2.44. The lowest BCUT2D eigenvalue weighted by molar-refractivity contribution is -0.137. The second-order valence-corrected chi connectivity index (χ2v) is 9.10. The van der Waals surface area contributed by atoms with Crippen molar-refractivity contribution in [1.82, 2.24) is 9.80 Å². The van der Waals surface area contributed by atoms with E-state index in [4.69, 9.17) is 4.74 Å². The van der Waals surface area contributed by atoms with E-state index in [1.165, 1.54) is 36.3 Å². The van der Waals surface area contributed by atoms with Crippen LogP contribution in [0.5, 0.6) is 0 Å². The summed E-state index contributed by atoms with van der Waals surface area (Å²) in [6.07, 6.45) is -4.51. The first-order valence-corrected chi connectivity index (χ1v) is 11.5. The molecular weight excluding hydrogens is 478 g/mol. The van der Waals surface area contributed by atoms with Gasteiger partial charge in [-0.05, 0) is 53.9 Å². The quantitative estimate of drug-likeness (QED) is 0.370. The smallest absolute Gasteiger partial charge is 0.416 e. The third-order valence-corrected chi connectivity index (χ3v) is 6.54. The van der Waals surface area contributed by atoms with Crippen LogP contribution in [0, 0.1) is 11.7 Å². The predicted octanol–water partition coefficient (Wildman–Crippen LogP) is 4.76. The number of rotatable bonds is 4. The molecular formula is C26H27F4N3O3. The van der Waals surface area contributed by atoms with Crippen LogP contribution in [0.1, 0.15) is 29.0 Å². The molecule has 2 aliphatic rings. The molecule has 36 heavy (non-hydrogen) atoms. The number of ether oxygens (including phenoxy) is 1. The number of halogens is 4. The van der Waals surface area contributed by atoms with E-state index >= 15 is 0 Å². The van der Waals surface area contributed by atoms with Gasteiger partial charge in [0, 0.05) is 19.0 Å². The van der Waals surface area contributed by atoms with Gasteiger partial charge in [0.05, 0.1) is 43.5 Å². The highest BCUT2D eigenvalue weighted by atomic mass is 19.4. The van der Waals surface area contributed by atoms with E-state index in [0.717, 1.165) is 12.1 Å². The number of aliphatic imine (C=N–C) groups is 1. The maximum Gasteiger partial charge on any atom is 0.416 e. The molecule has 2 saturated heterocycles. The number of hydrogen-bond donors (Lipinski definition) is 1. The van der Waals surface area contributed by atoms with Crippen molar-refractivity contribution in [3.8, 4) is 0 Å². The number of benzene rings is 2. The summed E-state index contributed by atoms with van der Waals surface area (Å²) < 4.78 is 58.0. The van der Waals surface area contributed by atoms with Gasteiger partial charge in [0.25, 0.3) is 0 Å². The maximum absolute atomic E-state index is 13.3. The molecule has 2 aromatic carbocycles. The number of urea groups is 1. The second kappa shape index (κ2) is 10.3. The highest BCUT2D eigenvalue weighted by molar-refractivity contribution is 5.86. The second-order valence-electron chi connectivity index (χ2n) is 9.10. The average Bonchev–Trinajstić information content (AvgIpc) is 2.84. The number of methoxy groups -OCH3 is 1. The lowest BCUT2D eigenvalue weighted by Crippen LogP contribution is -2.59. The van der Waals surface area contributed by atoms with E-state index in [-0.39, 0.29) is 43.3 Å². The van der Waals surface area contributed by atoms with E-state index in [0.29, 0.717) is 35.7 Å². The number of nitrogens with zero attached hydrogens (tertiary/aromatic N) is 3. The Labute approximate surface area is 206 Å². The third kappa shape index (κ3) is 5.70. The molecule has 2 atom stereocenters. The average molecular weight is 506 g/mol. The number of carbonyl (C=O) groups is 1. The molecule has 2 heterocycles. The summed E-state index contributed by atoms with van der Waals surface area (Å²) in [6, 6.07) is 10.4. The number of piperidine rings is 1. The summed E-state index contributed by atoms with van der Waals surface area (Å²) in [5.41, 5.74) is 0.883. The summed E-state index contributed by atoms with van der Waals surface area (Å²) in [4.78, 5) is 20.7. The van der Waals surface area contributed by atoms with E-state index in [1.807, 2.05) is 0 Å². The van der Waals surface area contributed by atoms with Crippen molar-refractivity contribution in [2.45, 2.75) is 24.6 Å².